The van der Waals surface area contributed by atoms with Gasteiger partial charge in [0.15, 0.2) is 6.61 Å². The van der Waals surface area contributed by atoms with Gasteiger partial charge in [0.1, 0.15) is 10.4 Å². The lowest BCUT2D eigenvalue weighted by molar-refractivity contribution is -0.290. The quantitative estimate of drug-likeness (QED) is 0.600. The molecule has 0 aliphatic heterocycles. The number of aromatic nitrogens is 2. The zero-order chi connectivity index (χ0) is 14.7. The van der Waals surface area contributed by atoms with Gasteiger partial charge < -0.3 is 4.74 Å². The van der Waals surface area contributed by atoms with E-state index in [9.17, 15) is 22.0 Å². The van der Waals surface area contributed by atoms with E-state index in [0.29, 0.717) is 18.7 Å². The fourth-order valence-electron chi connectivity index (χ4n) is 1.10. The van der Waals surface area contributed by atoms with E-state index in [4.69, 9.17) is 0 Å². The summed E-state index contributed by atoms with van der Waals surface area (Å²) in [4.78, 5) is 7.68. The fourth-order valence-corrected chi connectivity index (χ4v) is 1.50. The molecule has 0 aliphatic carbocycles. The van der Waals surface area contributed by atoms with Gasteiger partial charge in [-0.15, -0.1) is 0 Å². The molecule has 0 aromatic carbocycles. The third-order valence-electron chi connectivity index (χ3n) is 2.01. The first-order valence-electron chi connectivity index (χ1n) is 5.26. The molecule has 0 spiro atoms. The molecule has 0 unspecified atom stereocenters. The van der Waals surface area contributed by atoms with Crippen LogP contribution in [0.4, 0.5) is 22.0 Å². The van der Waals surface area contributed by atoms with Crippen LogP contribution in [-0.2, 0) is 6.42 Å². The number of hydrogen-bond donors (Lipinski definition) is 0. The second kappa shape index (κ2) is 5.98. The van der Waals surface area contributed by atoms with Gasteiger partial charge in [0, 0.05) is 12.5 Å². The average Bonchev–Trinajstić information content (AvgIpc) is 2.25. The highest BCUT2D eigenvalue weighted by Crippen LogP contribution is 2.35. The van der Waals surface area contributed by atoms with E-state index in [1.54, 1.807) is 0 Å². The van der Waals surface area contributed by atoms with Crippen LogP contribution in [0.1, 0.15) is 19.2 Å². The third kappa shape index (κ3) is 4.55. The van der Waals surface area contributed by atoms with Crippen molar-refractivity contribution in [2.45, 2.75) is 31.9 Å². The normalized spacial score (nSPS) is 12.6. The summed E-state index contributed by atoms with van der Waals surface area (Å²) in [7, 11) is 0. The number of halogens is 6. The van der Waals surface area contributed by atoms with Crippen molar-refractivity contribution in [2.24, 2.45) is 0 Å². The molecule has 1 heterocycles. The van der Waals surface area contributed by atoms with E-state index < -0.39 is 18.7 Å². The Hall–Kier alpha value is -0.990. The van der Waals surface area contributed by atoms with Crippen molar-refractivity contribution in [3.8, 4) is 5.88 Å². The summed E-state index contributed by atoms with van der Waals surface area (Å²) in [6.45, 7) is 0.0358. The van der Waals surface area contributed by atoms with E-state index >= 15 is 0 Å². The van der Waals surface area contributed by atoms with E-state index in [1.165, 1.54) is 0 Å². The Balaban J connectivity index is 2.78. The summed E-state index contributed by atoms with van der Waals surface area (Å²) in [6, 6.07) is 1.13. The van der Waals surface area contributed by atoms with Crippen LogP contribution in [0.3, 0.4) is 0 Å². The predicted molar refractivity (Wildman–Crippen MR) is 60.2 cm³/mol. The Kier molecular flexibility index (Phi) is 5.05. The molecule has 108 valence electrons. The second-order valence-electron chi connectivity index (χ2n) is 3.69. The highest BCUT2D eigenvalue weighted by molar-refractivity contribution is 9.10. The van der Waals surface area contributed by atoms with Crippen molar-refractivity contribution in [2.75, 3.05) is 6.61 Å². The van der Waals surface area contributed by atoms with Crippen LogP contribution in [0, 0.1) is 0 Å². The van der Waals surface area contributed by atoms with Gasteiger partial charge in [-0.3, -0.25) is 0 Å². The molecular weight excluding hydrogens is 339 g/mol. The number of ether oxygens (including phenoxy) is 1. The first kappa shape index (κ1) is 16.1. The molecular formula is C10H10BrF5N2O. The predicted octanol–water partition coefficient (Wildman–Crippen LogP) is 3.77. The van der Waals surface area contributed by atoms with Gasteiger partial charge in [-0.2, -0.15) is 26.9 Å². The molecule has 0 amide bonds. The maximum atomic E-state index is 12.7. The largest absolute Gasteiger partial charge is 0.471 e. The number of nitrogens with zero attached hydrogens (tertiary/aromatic N) is 2. The molecule has 1 aromatic rings. The minimum Gasteiger partial charge on any atom is -0.471 e. The summed E-state index contributed by atoms with van der Waals surface area (Å²) < 4.78 is 65.8. The van der Waals surface area contributed by atoms with Gasteiger partial charge in [0.05, 0.1) is 0 Å². The molecule has 0 radical (unpaired) electrons. The standard InChI is InChI=1S/C10H10BrF5N2O/c1-2-3-7-17-6(11)4-8(18-7)19-5-9(12,13)10(14,15)16/h4H,2-3,5H2,1H3. The Morgan fingerprint density at radius 3 is 2.37 bits per heavy atom. The zero-order valence-corrected chi connectivity index (χ0v) is 11.4. The summed E-state index contributed by atoms with van der Waals surface area (Å²) in [5.74, 6) is -4.94. The smallest absolute Gasteiger partial charge is 0.456 e. The first-order chi connectivity index (χ1) is 8.65. The SMILES string of the molecule is CCCc1nc(Br)cc(OCC(F)(F)C(F)(F)F)n1. The van der Waals surface area contributed by atoms with Crippen LogP contribution in [-0.4, -0.2) is 28.7 Å². The lowest BCUT2D eigenvalue weighted by Gasteiger charge is -2.19. The Labute approximate surface area is 114 Å². The van der Waals surface area contributed by atoms with Gasteiger partial charge in [0.2, 0.25) is 5.88 Å². The lowest BCUT2D eigenvalue weighted by atomic mass is 10.3. The molecule has 1 aromatic heterocycles. The van der Waals surface area contributed by atoms with E-state index in [0.717, 1.165) is 6.07 Å². The van der Waals surface area contributed by atoms with Crippen molar-refractivity contribution < 1.29 is 26.7 Å². The summed E-state index contributed by atoms with van der Waals surface area (Å²) in [6.07, 6.45) is -4.48. The summed E-state index contributed by atoms with van der Waals surface area (Å²) in [5, 5.41) is 0. The molecule has 0 fully saturated rings. The Morgan fingerprint density at radius 1 is 1.21 bits per heavy atom. The second-order valence-corrected chi connectivity index (χ2v) is 4.50. The van der Waals surface area contributed by atoms with Crippen LogP contribution in [0.2, 0.25) is 0 Å². The maximum Gasteiger partial charge on any atom is 0.456 e. The molecule has 19 heavy (non-hydrogen) atoms. The summed E-state index contributed by atoms with van der Waals surface area (Å²) in [5.41, 5.74) is 0. The fraction of sp³-hybridized carbons (Fsp3) is 0.600. The zero-order valence-electron chi connectivity index (χ0n) is 9.77. The highest BCUT2D eigenvalue weighted by Gasteiger charge is 2.58. The molecule has 0 saturated heterocycles. The van der Waals surface area contributed by atoms with Crippen LogP contribution >= 0.6 is 15.9 Å². The Morgan fingerprint density at radius 2 is 1.84 bits per heavy atom. The highest BCUT2D eigenvalue weighted by atomic mass is 79.9. The van der Waals surface area contributed by atoms with E-state index in [-0.39, 0.29) is 10.5 Å². The third-order valence-corrected chi connectivity index (χ3v) is 2.41. The summed E-state index contributed by atoms with van der Waals surface area (Å²) >= 11 is 3.00. The Bertz CT molecular complexity index is 438. The van der Waals surface area contributed by atoms with Gasteiger partial charge >= 0.3 is 12.1 Å². The van der Waals surface area contributed by atoms with E-state index in [2.05, 4.69) is 30.6 Å². The minimum atomic E-state index is -5.65. The molecule has 1 rings (SSSR count). The molecule has 3 nitrogen and oxygen atoms in total. The van der Waals surface area contributed by atoms with Crippen LogP contribution in [0.25, 0.3) is 0 Å². The van der Waals surface area contributed by atoms with Gasteiger partial charge in [0.25, 0.3) is 0 Å². The monoisotopic (exact) mass is 348 g/mol. The number of alkyl halides is 5. The van der Waals surface area contributed by atoms with Crippen molar-refractivity contribution in [1.29, 1.82) is 0 Å². The van der Waals surface area contributed by atoms with Gasteiger partial charge in [-0.25, -0.2) is 4.98 Å². The van der Waals surface area contributed by atoms with Gasteiger partial charge in [-0.1, -0.05) is 6.92 Å². The van der Waals surface area contributed by atoms with E-state index in [1.807, 2.05) is 6.92 Å². The van der Waals surface area contributed by atoms with Crippen LogP contribution in [0.15, 0.2) is 10.7 Å². The molecule has 0 saturated carbocycles. The minimum absolute atomic E-state index is 0.260. The average molecular weight is 349 g/mol. The van der Waals surface area contributed by atoms with Crippen LogP contribution < -0.4 is 4.74 Å². The van der Waals surface area contributed by atoms with Crippen molar-refractivity contribution in [1.82, 2.24) is 9.97 Å². The maximum absolute atomic E-state index is 12.7. The first-order valence-corrected chi connectivity index (χ1v) is 6.06. The number of aryl methyl sites for hydroxylation is 1. The molecule has 0 bridgehead atoms. The number of rotatable bonds is 5. The molecule has 0 atom stereocenters. The molecule has 0 aliphatic rings. The molecule has 9 heteroatoms. The topological polar surface area (TPSA) is 35.0 Å². The van der Waals surface area contributed by atoms with Crippen molar-refractivity contribution in [3.63, 3.8) is 0 Å². The van der Waals surface area contributed by atoms with Crippen molar-refractivity contribution in [3.05, 3.63) is 16.5 Å². The number of hydrogen-bond acceptors (Lipinski definition) is 3. The molecule has 0 N–H and O–H groups in total. The lowest BCUT2D eigenvalue weighted by Crippen LogP contribution is -2.41. The van der Waals surface area contributed by atoms with Crippen LogP contribution in [0.5, 0.6) is 5.88 Å². The van der Waals surface area contributed by atoms with Crippen molar-refractivity contribution >= 4 is 15.9 Å². The van der Waals surface area contributed by atoms with Gasteiger partial charge in [-0.05, 0) is 22.4 Å².